The van der Waals surface area contributed by atoms with Crippen LogP contribution in [0.2, 0.25) is 0 Å². The number of halogens is 1. The highest BCUT2D eigenvalue weighted by atomic mass is 79.9. The van der Waals surface area contributed by atoms with Gasteiger partial charge in [-0.1, -0.05) is 27.7 Å². The minimum absolute atomic E-state index is 0.105. The molecule has 1 aliphatic carbocycles. The lowest BCUT2D eigenvalue weighted by Crippen LogP contribution is -2.17. The number of thioether (sulfide) groups is 1. The second kappa shape index (κ2) is 9.63. The fourth-order valence-electron chi connectivity index (χ4n) is 4.24. The summed E-state index contributed by atoms with van der Waals surface area (Å²) in [5.41, 5.74) is 3.98. The van der Waals surface area contributed by atoms with Crippen LogP contribution >= 0.6 is 39.0 Å². The molecule has 176 valence electrons. The number of carbonyl (C=O) groups excluding carboxylic acids is 2. The minimum Gasteiger partial charge on any atom is -0.462 e. The smallest absolute Gasteiger partial charge is 0.341 e. The molecule has 3 heterocycles. The Balaban J connectivity index is 1.34. The first-order valence-electron chi connectivity index (χ1n) is 11.0. The van der Waals surface area contributed by atoms with Gasteiger partial charge in [0.25, 0.3) is 0 Å². The monoisotopic (exact) mass is 559 g/mol. The lowest BCUT2D eigenvalue weighted by molar-refractivity contribution is -0.113. The Morgan fingerprint density at radius 1 is 1.26 bits per heavy atom. The van der Waals surface area contributed by atoms with Crippen LogP contribution in [-0.2, 0) is 29.4 Å². The average Bonchev–Trinajstić information content (AvgIpc) is 3.32. The van der Waals surface area contributed by atoms with Gasteiger partial charge in [0.15, 0.2) is 5.65 Å². The Morgan fingerprint density at radius 3 is 2.91 bits per heavy atom. The summed E-state index contributed by atoms with van der Waals surface area (Å²) in [4.78, 5) is 31.2. The maximum Gasteiger partial charge on any atom is 0.341 e. The fraction of sp³-hybridized carbons (Fsp3) is 0.348. The van der Waals surface area contributed by atoms with E-state index in [1.807, 2.05) is 29.8 Å². The van der Waals surface area contributed by atoms with Gasteiger partial charge < -0.3 is 14.6 Å². The van der Waals surface area contributed by atoms with Crippen molar-refractivity contribution in [1.29, 1.82) is 0 Å². The normalized spacial score (nSPS) is 13.3. The van der Waals surface area contributed by atoms with Gasteiger partial charge in [-0.2, -0.15) is 0 Å². The summed E-state index contributed by atoms with van der Waals surface area (Å²) in [5.74, 6) is -0.489. The van der Waals surface area contributed by atoms with Crippen molar-refractivity contribution < 1.29 is 14.3 Å². The van der Waals surface area contributed by atoms with E-state index in [4.69, 9.17) is 4.74 Å². The second-order valence-electron chi connectivity index (χ2n) is 7.96. The van der Waals surface area contributed by atoms with Crippen LogP contribution in [0.25, 0.3) is 22.1 Å². The highest BCUT2D eigenvalue weighted by molar-refractivity contribution is 9.10. The largest absolute Gasteiger partial charge is 0.462 e. The molecule has 0 saturated carbocycles. The Bertz CT molecular complexity index is 1430. The lowest BCUT2D eigenvalue weighted by Gasteiger charge is -2.12. The van der Waals surface area contributed by atoms with Crippen LogP contribution in [0.15, 0.2) is 27.8 Å². The van der Waals surface area contributed by atoms with Crippen molar-refractivity contribution >= 4 is 78.0 Å². The van der Waals surface area contributed by atoms with Gasteiger partial charge in [0, 0.05) is 21.8 Å². The molecule has 1 aromatic carbocycles. The van der Waals surface area contributed by atoms with E-state index in [0.29, 0.717) is 28.0 Å². The van der Waals surface area contributed by atoms with Crippen molar-refractivity contribution in [3.63, 3.8) is 0 Å². The van der Waals surface area contributed by atoms with E-state index in [2.05, 4.69) is 36.4 Å². The van der Waals surface area contributed by atoms with Gasteiger partial charge in [0.2, 0.25) is 11.1 Å². The maximum absolute atomic E-state index is 12.8. The number of ether oxygens (including phenoxy) is 1. The van der Waals surface area contributed by atoms with Crippen LogP contribution in [-0.4, -0.2) is 44.0 Å². The third-order valence-electron chi connectivity index (χ3n) is 5.78. The van der Waals surface area contributed by atoms with Crippen molar-refractivity contribution in [2.75, 3.05) is 17.7 Å². The van der Waals surface area contributed by atoms with E-state index < -0.39 is 0 Å². The summed E-state index contributed by atoms with van der Waals surface area (Å²) >= 11 is 6.19. The molecule has 0 unspecified atom stereocenters. The predicted octanol–water partition coefficient (Wildman–Crippen LogP) is 5.13. The van der Waals surface area contributed by atoms with Crippen molar-refractivity contribution in [1.82, 2.24) is 19.7 Å². The number of nitrogens with zero attached hydrogens (tertiary/aromatic N) is 4. The summed E-state index contributed by atoms with van der Waals surface area (Å²) in [6, 6.07) is 5.97. The SMILES string of the molecule is CCOC(=O)c1c(NC(=O)CSc2nnc3c4cc(Br)ccc4n(C)c3n2)sc2c1CCCC2. The number of fused-ring (bicyclic) bond motifs is 4. The molecule has 0 bridgehead atoms. The molecule has 11 heteroatoms. The number of anilines is 1. The molecule has 0 aliphatic heterocycles. The van der Waals surface area contributed by atoms with Gasteiger partial charge in [0.05, 0.1) is 23.4 Å². The van der Waals surface area contributed by atoms with Gasteiger partial charge in [-0.25, -0.2) is 9.78 Å². The highest BCUT2D eigenvalue weighted by Crippen LogP contribution is 2.38. The number of carbonyl (C=O) groups is 2. The number of amides is 1. The third-order valence-corrected chi connectivity index (χ3v) is 8.32. The molecule has 0 spiro atoms. The zero-order chi connectivity index (χ0) is 23.8. The molecule has 3 aromatic heterocycles. The average molecular weight is 560 g/mol. The molecular formula is C23H22BrN5O3S2. The van der Waals surface area contributed by atoms with Gasteiger partial charge in [-0.05, 0) is 56.4 Å². The summed E-state index contributed by atoms with van der Waals surface area (Å²) < 4.78 is 8.20. The van der Waals surface area contributed by atoms with E-state index >= 15 is 0 Å². The van der Waals surface area contributed by atoms with E-state index in [-0.39, 0.29) is 17.6 Å². The summed E-state index contributed by atoms with van der Waals surface area (Å²) in [7, 11) is 1.93. The van der Waals surface area contributed by atoms with Gasteiger partial charge >= 0.3 is 5.97 Å². The van der Waals surface area contributed by atoms with E-state index in [0.717, 1.165) is 57.0 Å². The van der Waals surface area contributed by atoms with Crippen molar-refractivity contribution in [2.45, 2.75) is 37.8 Å². The number of nitrogens with one attached hydrogen (secondary N) is 1. The maximum atomic E-state index is 12.8. The van der Waals surface area contributed by atoms with Crippen molar-refractivity contribution in [3.05, 3.63) is 38.7 Å². The molecule has 8 nitrogen and oxygen atoms in total. The van der Waals surface area contributed by atoms with Crippen LogP contribution < -0.4 is 5.32 Å². The molecular weight excluding hydrogens is 538 g/mol. The van der Waals surface area contributed by atoms with E-state index in [9.17, 15) is 9.59 Å². The summed E-state index contributed by atoms with van der Waals surface area (Å²) in [6.07, 6.45) is 3.90. The van der Waals surface area contributed by atoms with Gasteiger partial charge in [-0.3, -0.25) is 4.79 Å². The lowest BCUT2D eigenvalue weighted by atomic mass is 9.95. The van der Waals surface area contributed by atoms with Crippen LogP contribution in [0.4, 0.5) is 5.00 Å². The van der Waals surface area contributed by atoms with Crippen molar-refractivity contribution in [2.24, 2.45) is 7.05 Å². The molecule has 0 radical (unpaired) electrons. The number of rotatable bonds is 6. The van der Waals surface area contributed by atoms with Crippen molar-refractivity contribution in [3.8, 4) is 0 Å². The molecule has 1 aliphatic rings. The zero-order valence-corrected chi connectivity index (χ0v) is 21.9. The number of hydrogen-bond acceptors (Lipinski definition) is 8. The molecule has 1 amide bonds. The number of benzene rings is 1. The topological polar surface area (TPSA) is 99.0 Å². The third kappa shape index (κ3) is 4.32. The second-order valence-corrected chi connectivity index (χ2v) is 10.9. The first-order chi connectivity index (χ1) is 16.5. The van der Waals surface area contributed by atoms with E-state index in [1.54, 1.807) is 6.92 Å². The number of esters is 1. The van der Waals surface area contributed by atoms with Gasteiger partial charge in [0.1, 0.15) is 10.5 Å². The Kier molecular flexibility index (Phi) is 6.59. The standard InChI is InChI=1S/C23H22BrN5O3S2/c1-3-32-22(31)18-13-6-4-5-7-16(13)34-21(18)25-17(30)11-33-23-26-20-19(27-28-23)14-10-12(24)8-9-15(14)29(20)2/h8-10H,3-7,11H2,1-2H3,(H,25,30). The Morgan fingerprint density at radius 2 is 2.09 bits per heavy atom. The molecule has 0 fully saturated rings. The minimum atomic E-state index is -0.370. The van der Waals surface area contributed by atoms with Crippen LogP contribution in [0.1, 0.15) is 40.6 Å². The molecule has 1 N–H and O–H groups in total. The first-order valence-corrected chi connectivity index (χ1v) is 13.6. The molecule has 4 aromatic rings. The predicted molar refractivity (Wildman–Crippen MR) is 138 cm³/mol. The Labute approximate surface area is 212 Å². The highest BCUT2D eigenvalue weighted by Gasteiger charge is 2.27. The fourth-order valence-corrected chi connectivity index (χ4v) is 6.48. The Hall–Kier alpha value is -2.50. The van der Waals surface area contributed by atoms with Gasteiger partial charge in [-0.15, -0.1) is 21.5 Å². The molecule has 0 atom stereocenters. The van der Waals surface area contributed by atoms with E-state index in [1.165, 1.54) is 23.1 Å². The molecule has 0 saturated heterocycles. The number of thiophene rings is 1. The number of aryl methyl sites for hydroxylation is 2. The number of hydrogen-bond donors (Lipinski definition) is 1. The molecule has 5 rings (SSSR count). The zero-order valence-electron chi connectivity index (χ0n) is 18.7. The van der Waals surface area contributed by atoms with Crippen LogP contribution in [0.5, 0.6) is 0 Å². The quantitative estimate of drug-likeness (QED) is 0.258. The summed E-state index contributed by atoms with van der Waals surface area (Å²) in [5, 5.41) is 13.5. The van der Waals surface area contributed by atoms with Crippen LogP contribution in [0, 0.1) is 0 Å². The number of aromatic nitrogens is 4. The van der Waals surface area contributed by atoms with Crippen LogP contribution in [0.3, 0.4) is 0 Å². The first kappa shape index (κ1) is 23.3. The summed E-state index contributed by atoms with van der Waals surface area (Å²) in [6.45, 7) is 2.08. The molecule has 34 heavy (non-hydrogen) atoms.